The molecule has 2 aliphatic rings. The maximum absolute atomic E-state index is 13.4. The molecule has 1 amide bonds. The number of piperazine rings is 1. The maximum atomic E-state index is 13.4. The van der Waals surface area contributed by atoms with Gasteiger partial charge < -0.3 is 14.7 Å². The number of H-pyrrole nitrogens is 1. The molecule has 1 aromatic heterocycles. The molecule has 29 heavy (non-hydrogen) atoms. The van der Waals surface area contributed by atoms with Crippen molar-refractivity contribution in [2.45, 2.75) is 26.2 Å². The summed E-state index contributed by atoms with van der Waals surface area (Å²) in [6, 6.07) is 5.72. The Morgan fingerprint density at radius 3 is 2.45 bits per heavy atom. The maximum Gasteiger partial charge on any atom is 0.423 e. The Bertz CT molecular complexity index is 996. The van der Waals surface area contributed by atoms with E-state index in [4.69, 9.17) is 0 Å². The number of halogens is 3. The Morgan fingerprint density at radius 2 is 1.79 bits per heavy atom. The molecule has 4 rings (SSSR count). The lowest BCUT2D eigenvalue weighted by molar-refractivity contribution is -0.138. The Hall–Kier alpha value is -3.04. The molecule has 0 saturated carbocycles. The van der Waals surface area contributed by atoms with Crippen LogP contribution in [0.1, 0.15) is 23.6 Å². The van der Waals surface area contributed by atoms with Crippen molar-refractivity contribution >= 4 is 17.3 Å². The van der Waals surface area contributed by atoms with Crippen molar-refractivity contribution in [3.8, 4) is 0 Å². The third kappa shape index (κ3) is 3.54. The molecular formula is C19H20F3N5O2. The largest absolute Gasteiger partial charge is 0.423 e. The number of rotatable bonds is 2. The second-order valence-electron chi connectivity index (χ2n) is 7.22. The van der Waals surface area contributed by atoms with Gasteiger partial charge >= 0.3 is 6.18 Å². The van der Waals surface area contributed by atoms with Gasteiger partial charge in [-0.1, -0.05) is 12.1 Å². The Morgan fingerprint density at radius 1 is 1.07 bits per heavy atom. The van der Waals surface area contributed by atoms with E-state index in [0.29, 0.717) is 26.2 Å². The van der Waals surface area contributed by atoms with Gasteiger partial charge in [-0.3, -0.25) is 9.59 Å². The Labute approximate surface area is 164 Å². The number of anilines is 2. The molecule has 1 N–H and O–H groups in total. The zero-order valence-corrected chi connectivity index (χ0v) is 15.8. The van der Waals surface area contributed by atoms with E-state index in [1.165, 1.54) is 4.90 Å². The predicted molar refractivity (Wildman–Crippen MR) is 101 cm³/mol. The van der Waals surface area contributed by atoms with Crippen LogP contribution < -0.4 is 15.4 Å². The molecule has 1 saturated heterocycles. The lowest BCUT2D eigenvalue weighted by Gasteiger charge is -2.36. The van der Waals surface area contributed by atoms with Crippen molar-refractivity contribution < 1.29 is 18.0 Å². The fraction of sp³-hybridized carbons (Fsp3) is 0.421. The van der Waals surface area contributed by atoms with Gasteiger partial charge in [-0.2, -0.15) is 18.3 Å². The SMILES string of the molecule is CC(=O)N1CCN(c2cccc3c2CN(c2cn[nH]c(=O)c2C(F)(F)F)C3)CC1. The van der Waals surface area contributed by atoms with E-state index in [9.17, 15) is 22.8 Å². The van der Waals surface area contributed by atoms with Gasteiger partial charge in [0.15, 0.2) is 0 Å². The van der Waals surface area contributed by atoms with Crippen LogP contribution in [0, 0.1) is 0 Å². The molecule has 0 unspecified atom stereocenters. The van der Waals surface area contributed by atoms with Gasteiger partial charge in [0.05, 0.1) is 11.9 Å². The highest BCUT2D eigenvalue weighted by Gasteiger charge is 2.40. The number of amides is 1. The van der Waals surface area contributed by atoms with Crippen LogP contribution in [0.3, 0.4) is 0 Å². The summed E-state index contributed by atoms with van der Waals surface area (Å²) >= 11 is 0. The van der Waals surface area contributed by atoms with Crippen LogP contribution in [0.25, 0.3) is 0 Å². The first kappa shape index (κ1) is 19.3. The molecule has 0 radical (unpaired) electrons. The van der Waals surface area contributed by atoms with E-state index in [1.807, 2.05) is 23.3 Å². The highest BCUT2D eigenvalue weighted by Crippen LogP contribution is 2.39. The van der Waals surface area contributed by atoms with Gasteiger partial charge in [0.1, 0.15) is 5.56 Å². The average Bonchev–Trinajstić information content (AvgIpc) is 3.11. The molecule has 154 valence electrons. The standard InChI is InChI=1S/C19H20F3N5O2/c1-12(28)25-5-7-26(8-6-25)15-4-2-3-13-10-27(11-14(13)15)16-9-23-24-18(29)17(16)19(20,21)22/h2-4,9H,5-8,10-11H2,1H3,(H,24,29). The average molecular weight is 407 g/mol. The number of nitrogens with one attached hydrogen (secondary N) is 1. The normalized spacial score (nSPS) is 16.9. The zero-order valence-electron chi connectivity index (χ0n) is 15.8. The van der Waals surface area contributed by atoms with Crippen molar-refractivity contribution in [1.82, 2.24) is 15.1 Å². The minimum absolute atomic E-state index is 0.0376. The van der Waals surface area contributed by atoms with E-state index >= 15 is 0 Å². The molecule has 0 aliphatic carbocycles. The first-order valence-corrected chi connectivity index (χ1v) is 9.26. The molecule has 3 heterocycles. The molecule has 10 heteroatoms. The van der Waals surface area contributed by atoms with Crippen LogP contribution in [0.4, 0.5) is 24.5 Å². The number of aromatic nitrogens is 2. The predicted octanol–water partition coefficient (Wildman–Crippen LogP) is 1.98. The van der Waals surface area contributed by atoms with Crippen molar-refractivity contribution in [2.75, 3.05) is 36.0 Å². The van der Waals surface area contributed by atoms with E-state index in [2.05, 4.69) is 10.00 Å². The monoisotopic (exact) mass is 407 g/mol. The minimum Gasteiger partial charge on any atom is -0.368 e. The minimum atomic E-state index is -4.77. The summed E-state index contributed by atoms with van der Waals surface area (Å²) in [6.07, 6.45) is -3.71. The summed E-state index contributed by atoms with van der Waals surface area (Å²) in [4.78, 5) is 28.8. The Balaban J connectivity index is 1.63. The molecule has 0 bridgehead atoms. The number of alkyl halides is 3. The van der Waals surface area contributed by atoms with Gasteiger partial charge in [-0.25, -0.2) is 5.10 Å². The second kappa shape index (κ2) is 7.09. The summed E-state index contributed by atoms with van der Waals surface area (Å²) in [7, 11) is 0. The van der Waals surface area contributed by atoms with Crippen molar-refractivity contribution in [3.05, 3.63) is 51.4 Å². The van der Waals surface area contributed by atoms with Gasteiger partial charge in [-0.05, 0) is 17.2 Å². The summed E-state index contributed by atoms with van der Waals surface area (Å²) in [5.74, 6) is 0.0376. The van der Waals surface area contributed by atoms with E-state index in [1.54, 1.807) is 11.8 Å². The highest BCUT2D eigenvalue weighted by molar-refractivity contribution is 5.73. The number of nitrogens with zero attached hydrogens (tertiary/aromatic N) is 4. The third-order valence-corrected chi connectivity index (χ3v) is 5.48. The molecule has 2 aromatic rings. The molecule has 1 aromatic carbocycles. The smallest absolute Gasteiger partial charge is 0.368 e. The lowest BCUT2D eigenvalue weighted by Crippen LogP contribution is -2.48. The van der Waals surface area contributed by atoms with E-state index in [0.717, 1.165) is 23.0 Å². The quantitative estimate of drug-likeness (QED) is 0.824. The fourth-order valence-electron chi connectivity index (χ4n) is 4.04. The first-order valence-electron chi connectivity index (χ1n) is 9.26. The van der Waals surface area contributed by atoms with Crippen LogP contribution in [0.2, 0.25) is 0 Å². The fourth-order valence-corrected chi connectivity index (χ4v) is 4.04. The van der Waals surface area contributed by atoms with Gasteiger partial charge in [0.25, 0.3) is 5.56 Å². The molecule has 0 spiro atoms. The summed E-state index contributed by atoms with van der Waals surface area (Å²) in [6.45, 7) is 4.61. The van der Waals surface area contributed by atoms with Crippen LogP contribution in [0.15, 0.2) is 29.2 Å². The molecule has 2 aliphatic heterocycles. The molecule has 0 atom stereocenters. The summed E-state index contributed by atoms with van der Waals surface area (Å²) in [5, 5.41) is 5.45. The third-order valence-electron chi connectivity index (χ3n) is 5.48. The van der Waals surface area contributed by atoms with Crippen molar-refractivity contribution in [3.63, 3.8) is 0 Å². The first-order chi connectivity index (χ1) is 13.8. The summed E-state index contributed by atoms with van der Waals surface area (Å²) in [5.41, 5.74) is 0.134. The van der Waals surface area contributed by atoms with E-state index in [-0.39, 0.29) is 24.7 Å². The van der Waals surface area contributed by atoms with Gasteiger partial charge in [0.2, 0.25) is 5.91 Å². The number of hydrogen-bond donors (Lipinski definition) is 1. The number of fused-ring (bicyclic) bond motifs is 1. The van der Waals surface area contributed by atoms with Crippen LogP contribution in [0.5, 0.6) is 0 Å². The van der Waals surface area contributed by atoms with Crippen molar-refractivity contribution in [2.24, 2.45) is 0 Å². The molecular weight excluding hydrogens is 387 g/mol. The van der Waals surface area contributed by atoms with Gasteiger partial charge in [0, 0.05) is 51.9 Å². The van der Waals surface area contributed by atoms with Crippen molar-refractivity contribution in [1.29, 1.82) is 0 Å². The van der Waals surface area contributed by atoms with E-state index < -0.39 is 17.3 Å². The van der Waals surface area contributed by atoms with Crippen LogP contribution in [-0.2, 0) is 24.1 Å². The highest BCUT2D eigenvalue weighted by atomic mass is 19.4. The lowest BCUT2D eigenvalue weighted by atomic mass is 10.1. The zero-order chi connectivity index (χ0) is 20.8. The van der Waals surface area contributed by atoms with Crippen LogP contribution in [-0.4, -0.2) is 47.2 Å². The summed E-state index contributed by atoms with van der Waals surface area (Å²) < 4.78 is 40.3. The topological polar surface area (TPSA) is 72.5 Å². The number of aromatic amines is 1. The molecule has 1 fully saturated rings. The Kier molecular flexibility index (Phi) is 4.71. The molecule has 7 nitrogen and oxygen atoms in total. The number of hydrogen-bond acceptors (Lipinski definition) is 5. The number of carbonyl (C=O) groups excluding carboxylic acids is 1. The van der Waals surface area contributed by atoms with Crippen LogP contribution >= 0.6 is 0 Å². The number of benzene rings is 1. The second-order valence-corrected chi connectivity index (χ2v) is 7.22. The van der Waals surface area contributed by atoms with Gasteiger partial charge in [-0.15, -0.1) is 0 Å². The number of carbonyl (C=O) groups is 1.